The highest BCUT2D eigenvalue weighted by Crippen LogP contribution is 2.41. The minimum absolute atomic E-state index is 0.0755. The zero-order valence-corrected chi connectivity index (χ0v) is 17.9. The monoisotopic (exact) mass is 425 g/mol. The van der Waals surface area contributed by atoms with Gasteiger partial charge in [-0.3, -0.25) is 4.79 Å². The maximum absolute atomic E-state index is 12.1. The predicted octanol–water partition coefficient (Wildman–Crippen LogP) is 4.72. The number of aromatic nitrogens is 2. The van der Waals surface area contributed by atoms with E-state index in [9.17, 15) is 4.79 Å². The molecule has 3 heterocycles. The molecule has 1 aromatic carbocycles. The first-order valence-corrected chi connectivity index (χ1v) is 11.8. The number of hydrogen-bond donors (Lipinski definition) is 0. The summed E-state index contributed by atoms with van der Waals surface area (Å²) in [6.07, 6.45) is 8.70. The van der Waals surface area contributed by atoms with Gasteiger partial charge in [0.15, 0.2) is 6.61 Å². The molecule has 0 saturated carbocycles. The quantitative estimate of drug-likeness (QED) is 0.554. The minimum Gasteiger partial charge on any atom is -0.484 e. The SMILES string of the molecule is O=C(COc1ccc(Sc2ncnc3sc4c(c23)CCCC4)cc1)N1CCCC1. The molecule has 150 valence electrons. The van der Waals surface area contributed by atoms with E-state index in [1.807, 2.05) is 40.5 Å². The summed E-state index contributed by atoms with van der Waals surface area (Å²) < 4.78 is 5.69. The van der Waals surface area contributed by atoms with Crippen molar-refractivity contribution in [2.45, 2.75) is 48.4 Å². The number of benzene rings is 1. The number of nitrogens with zero attached hydrogens (tertiary/aromatic N) is 3. The Kier molecular flexibility index (Phi) is 5.42. The summed E-state index contributed by atoms with van der Waals surface area (Å²) >= 11 is 3.50. The first-order chi connectivity index (χ1) is 14.3. The van der Waals surface area contributed by atoms with Gasteiger partial charge in [0, 0.05) is 28.2 Å². The molecule has 1 aliphatic carbocycles. The highest BCUT2D eigenvalue weighted by Gasteiger charge is 2.20. The van der Waals surface area contributed by atoms with Gasteiger partial charge in [-0.2, -0.15) is 0 Å². The standard InChI is InChI=1S/C22H23N3O2S2/c26-19(25-11-3-4-12-25)13-27-15-7-9-16(10-8-15)28-21-20-17-5-1-2-6-18(17)29-22(20)24-14-23-21/h7-10,14H,1-6,11-13H2. The van der Waals surface area contributed by atoms with Crippen LogP contribution in [0.25, 0.3) is 10.2 Å². The highest BCUT2D eigenvalue weighted by molar-refractivity contribution is 7.99. The minimum atomic E-state index is 0.0755. The van der Waals surface area contributed by atoms with Crippen molar-refractivity contribution in [1.82, 2.24) is 14.9 Å². The molecule has 1 aliphatic heterocycles. The fourth-order valence-corrected chi connectivity index (χ4v) is 6.27. The molecular formula is C22H23N3O2S2. The second-order valence-corrected chi connectivity index (χ2v) is 9.67. The largest absolute Gasteiger partial charge is 0.484 e. The Hall–Kier alpha value is -2.12. The third-order valence-electron chi connectivity index (χ3n) is 5.58. The van der Waals surface area contributed by atoms with Crippen LogP contribution < -0.4 is 4.74 Å². The maximum atomic E-state index is 12.1. The molecule has 5 nitrogen and oxygen atoms in total. The Balaban J connectivity index is 1.29. The van der Waals surface area contributed by atoms with E-state index in [4.69, 9.17) is 4.74 Å². The van der Waals surface area contributed by atoms with Gasteiger partial charge in [-0.15, -0.1) is 11.3 Å². The molecule has 1 amide bonds. The lowest BCUT2D eigenvalue weighted by Gasteiger charge is -2.15. The van der Waals surface area contributed by atoms with Crippen LogP contribution in [0.1, 0.15) is 36.1 Å². The summed E-state index contributed by atoms with van der Waals surface area (Å²) in [4.78, 5) is 26.8. The molecule has 3 aromatic rings. The molecule has 1 saturated heterocycles. The molecule has 29 heavy (non-hydrogen) atoms. The fourth-order valence-electron chi connectivity index (χ4n) is 4.06. The van der Waals surface area contributed by atoms with E-state index in [0.29, 0.717) is 0 Å². The van der Waals surface area contributed by atoms with Crippen molar-refractivity contribution in [2.75, 3.05) is 19.7 Å². The van der Waals surface area contributed by atoms with Crippen molar-refractivity contribution in [3.8, 4) is 5.75 Å². The predicted molar refractivity (Wildman–Crippen MR) is 116 cm³/mol. The summed E-state index contributed by atoms with van der Waals surface area (Å²) in [6, 6.07) is 7.93. The average Bonchev–Trinajstić information content (AvgIpc) is 3.41. The van der Waals surface area contributed by atoms with E-state index in [-0.39, 0.29) is 12.5 Å². The van der Waals surface area contributed by atoms with Gasteiger partial charge in [-0.25, -0.2) is 9.97 Å². The number of rotatable bonds is 5. The number of ether oxygens (including phenoxy) is 1. The van der Waals surface area contributed by atoms with Crippen LogP contribution in [-0.4, -0.2) is 40.5 Å². The van der Waals surface area contributed by atoms with Crippen LogP contribution in [0.5, 0.6) is 5.75 Å². The second-order valence-electron chi connectivity index (χ2n) is 7.52. The third kappa shape index (κ3) is 3.98. The maximum Gasteiger partial charge on any atom is 0.260 e. The van der Waals surface area contributed by atoms with Crippen molar-refractivity contribution in [2.24, 2.45) is 0 Å². The van der Waals surface area contributed by atoms with Crippen LogP contribution >= 0.6 is 23.1 Å². The number of carbonyl (C=O) groups is 1. The lowest BCUT2D eigenvalue weighted by molar-refractivity contribution is -0.132. The first-order valence-electron chi connectivity index (χ1n) is 10.2. The molecule has 5 rings (SSSR count). The van der Waals surface area contributed by atoms with E-state index >= 15 is 0 Å². The van der Waals surface area contributed by atoms with Crippen molar-refractivity contribution < 1.29 is 9.53 Å². The Morgan fingerprint density at radius 3 is 2.69 bits per heavy atom. The highest BCUT2D eigenvalue weighted by atomic mass is 32.2. The van der Waals surface area contributed by atoms with E-state index in [1.54, 1.807) is 18.1 Å². The summed E-state index contributed by atoms with van der Waals surface area (Å²) in [7, 11) is 0. The van der Waals surface area contributed by atoms with Crippen molar-refractivity contribution in [3.63, 3.8) is 0 Å². The molecule has 0 unspecified atom stereocenters. The van der Waals surface area contributed by atoms with Crippen LogP contribution in [-0.2, 0) is 17.6 Å². The van der Waals surface area contributed by atoms with Gasteiger partial charge in [0.05, 0.1) is 0 Å². The molecule has 0 atom stereocenters. The molecule has 0 radical (unpaired) electrons. The lowest BCUT2D eigenvalue weighted by Crippen LogP contribution is -2.32. The number of carbonyl (C=O) groups excluding carboxylic acids is 1. The van der Waals surface area contributed by atoms with Crippen LogP contribution in [0.4, 0.5) is 0 Å². The Bertz CT molecular complexity index is 1030. The third-order valence-corrected chi connectivity index (χ3v) is 7.79. The summed E-state index contributed by atoms with van der Waals surface area (Å²) in [5, 5.41) is 2.28. The van der Waals surface area contributed by atoms with Gasteiger partial charge in [0.1, 0.15) is 21.9 Å². The van der Waals surface area contributed by atoms with Gasteiger partial charge in [-0.05, 0) is 68.4 Å². The Labute approximate surface area is 178 Å². The summed E-state index contributed by atoms with van der Waals surface area (Å²) in [6.45, 7) is 1.83. The van der Waals surface area contributed by atoms with Crippen molar-refractivity contribution >= 4 is 39.2 Å². The van der Waals surface area contributed by atoms with Gasteiger partial charge >= 0.3 is 0 Å². The smallest absolute Gasteiger partial charge is 0.260 e. The molecule has 0 bridgehead atoms. The molecular weight excluding hydrogens is 402 g/mol. The number of fused-ring (bicyclic) bond motifs is 3. The molecule has 2 aromatic heterocycles. The molecule has 0 N–H and O–H groups in total. The normalized spacial score (nSPS) is 16.2. The van der Waals surface area contributed by atoms with E-state index in [2.05, 4.69) is 9.97 Å². The van der Waals surface area contributed by atoms with Crippen LogP contribution in [0.3, 0.4) is 0 Å². The van der Waals surface area contributed by atoms with Crippen LogP contribution in [0.2, 0.25) is 0 Å². The molecule has 0 spiro atoms. The van der Waals surface area contributed by atoms with E-state index in [0.717, 1.165) is 52.9 Å². The van der Waals surface area contributed by atoms with E-state index in [1.165, 1.54) is 35.1 Å². The molecule has 2 aliphatic rings. The van der Waals surface area contributed by atoms with Crippen LogP contribution in [0.15, 0.2) is 40.5 Å². The average molecular weight is 426 g/mol. The first kappa shape index (κ1) is 18.9. The zero-order chi connectivity index (χ0) is 19.6. The summed E-state index contributed by atoms with van der Waals surface area (Å²) in [5.41, 5.74) is 1.46. The Morgan fingerprint density at radius 1 is 1.07 bits per heavy atom. The zero-order valence-electron chi connectivity index (χ0n) is 16.2. The molecule has 1 fully saturated rings. The molecule has 7 heteroatoms. The lowest BCUT2D eigenvalue weighted by atomic mass is 9.97. The van der Waals surface area contributed by atoms with Crippen molar-refractivity contribution in [1.29, 1.82) is 0 Å². The second kappa shape index (κ2) is 8.32. The van der Waals surface area contributed by atoms with Gasteiger partial charge < -0.3 is 9.64 Å². The number of amides is 1. The number of thiophene rings is 1. The number of hydrogen-bond acceptors (Lipinski definition) is 6. The van der Waals surface area contributed by atoms with Crippen molar-refractivity contribution in [3.05, 3.63) is 41.0 Å². The number of aryl methyl sites for hydroxylation is 2. The van der Waals surface area contributed by atoms with Gasteiger partial charge in [0.25, 0.3) is 5.91 Å². The van der Waals surface area contributed by atoms with Gasteiger partial charge in [-0.1, -0.05) is 11.8 Å². The summed E-state index contributed by atoms with van der Waals surface area (Å²) in [5.74, 6) is 0.800. The van der Waals surface area contributed by atoms with Gasteiger partial charge in [0.2, 0.25) is 0 Å². The Morgan fingerprint density at radius 2 is 1.86 bits per heavy atom. The topological polar surface area (TPSA) is 55.3 Å². The number of likely N-dealkylation sites (tertiary alicyclic amines) is 1. The van der Waals surface area contributed by atoms with E-state index < -0.39 is 0 Å². The fraction of sp³-hybridized carbons (Fsp3) is 0.409. The van der Waals surface area contributed by atoms with Crippen LogP contribution in [0, 0.1) is 0 Å².